The molecule has 2 unspecified atom stereocenters. The maximum absolute atomic E-state index is 13.9. The second kappa shape index (κ2) is 19.3. The van der Waals surface area contributed by atoms with Crippen molar-refractivity contribution in [3.8, 4) is 17.2 Å². The average molecular weight is 714 g/mol. The number of para-hydroxylation sites is 3. The van der Waals surface area contributed by atoms with Crippen molar-refractivity contribution in [1.82, 2.24) is 20.2 Å². The van der Waals surface area contributed by atoms with Gasteiger partial charge in [0.25, 0.3) is 5.91 Å². The molecular weight excluding hydrogens is 666 g/mol. The average Bonchev–Trinajstić information content (AvgIpc) is 3.60. The number of hydrogen-bond acceptors (Lipinski definition) is 7. The normalized spacial score (nSPS) is 12.5. The maximum Gasteiger partial charge on any atom is 0.259 e. The van der Waals surface area contributed by atoms with E-state index >= 15 is 0 Å². The molecule has 0 bridgehead atoms. The third-order valence-electron chi connectivity index (χ3n) is 8.81. The Morgan fingerprint density at radius 3 is 2.26 bits per heavy atom. The lowest BCUT2D eigenvalue weighted by atomic mass is 10.0. The monoisotopic (exact) mass is 713 g/mol. The predicted octanol–water partition coefficient (Wildman–Crippen LogP) is 11.0. The minimum Gasteiger partial charge on any atom is -0.506 e. The highest BCUT2D eigenvalue weighted by atomic mass is 35.5. The van der Waals surface area contributed by atoms with Crippen molar-refractivity contribution >= 4 is 45.7 Å². The number of fused-ring (bicyclic) bond motifs is 1. The molecule has 4 aromatic carbocycles. The van der Waals surface area contributed by atoms with Gasteiger partial charge in [0.05, 0.1) is 23.0 Å². The molecule has 50 heavy (non-hydrogen) atoms. The fourth-order valence-corrected chi connectivity index (χ4v) is 7.15. The molecule has 1 aromatic heterocycles. The lowest BCUT2D eigenvalue weighted by molar-refractivity contribution is 0.102. The van der Waals surface area contributed by atoms with Gasteiger partial charge < -0.3 is 15.2 Å². The standard InChI is InChI=1S/C40H48ClN5O3S/c1-3-4-5-6-7-8-9-10-14-21-31(27-26-29(2)41)49-36-25-18-17-24-35(36)42-39(48)34-28-37(32-22-15-16-23-33(32)38(34)47)50-40-43-44-45-46(40)30-19-12-11-13-20-30/h11-13,15-20,22-25,28-29,31,47H,3-10,14,21,26-27H2,1-2H3,(H,42,48). The van der Waals surface area contributed by atoms with Gasteiger partial charge in [-0.05, 0) is 90.5 Å². The highest BCUT2D eigenvalue weighted by Crippen LogP contribution is 2.40. The number of nitrogens with zero attached hydrogens (tertiary/aromatic N) is 4. The van der Waals surface area contributed by atoms with Gasteiger partial charge in [-0.3, -0.25) is 4.79 Å². The molecule has 0 radical (unpaired) electrons. The Labute approximate surface area is 305 Å². The van der Waals surface area contributed by atoms with Gasteiger partial charge in [0.1, 0.15) is 11.5 Å². The van der Waals surface area contributed by atoms with Crippen LogP contribution in [0, 0.1) is 0 Å². The highest BCUT2D eigenvalue weighted by Gasteiger charge is 2.22. The summed E-state index contributed by atoms with van der Waals surface area (Å²) in [6.07, 6.45) is 14.0. The molecule has 5 aromatic rings. The second-order valence-corrected chi connectivity index (χ2v) is 14.5. The van der Waals surface area contributed by atoms with Gasteiger partial charge in [-0.2, -0.15) is 4.68 Å². The van der Waals surface area contributed by atoms with Gasteiger partial charge in [0.2, 0.25) is 5.16 Å². The number of nitrogens with one attached hydrogen (secondary N) is 1. The van der Waals surface area contributed by atoms with E-state index in [0.29, 0.717) is 22.0 Å². The van der Waals surface area contributed by atoms with Crippen LogP contribution >= 0.6 is 23.4 Å². The largest absolute Gasteiger partial charge is 0.506 e. The van der Waals surface area contributed by atoms with Crippen molar-refractivity contribution in [2.45, 2.75) is 112 Å². The first-order chi connectivity index (χ1) is 24.4. The van der Waals surface area contributed by atoms with Gasteiger partial charge >= 0.3 is 0 Å². The Bertz CT molecular complexity index is 1800. The van der Waals surface area contributed by atoms with Crippen LogP contribution in [-0.2, 0) is 0 Å². The summed E-state index contributed by atoms with van der Waals surface area (Å²) < 4.78 is 8.24. The number of alkyl halides is 1. The minimum atomic E-state index is -0.446. The predicted molar refractivity (Wildman–Crippen MR) is 204 cm³/mol. The molecular formula is C40H48ClN5O3S. The second-order valence-electron chi connectivity index (χ2n) is 12.8. The SMILES string of the molecule is CCCCCCCCCCCC(CCC(C)Cl)Oc1ccccc1NC(=O)c1cc(Sc2nnnn2-c2ccccc2)c2ccccc2c1O. The summed E-state index contributed by atoms with van der Waals surface area (Å²) >= 11 is 7.68. The fraction of sp³-hybridized carbons (Fsp3) is 0.400. The summed E-state index contributed by atoms with van der Waals surface area (Å²) in [5.41, 5.74) is 1.50. The number of carbonyl (C=O) groups excluding carboxylic acids is 1. The Morgan fingerprint density at radius 2 is 1.52 bits per heavy atom. The Hall–Kier alpha value is -4.08. The Balaban J connectivity index is 1.31. The molecule has 8 nitrogen and oxygen atoms in total. The molecule has 5 rings (SSSR count). The van der Waals surface area contributed by atoms with E-state index in [4.69, 9.17) is 16.3 Å². The number of aromatic nitrogens is 4. The van der Waals surface area contributed by atoms with Crippen LogP contribution in [0.1, 0.15) is 101 Å². The number of tetrazole rings is 1. The van der Waals surface area contributed by atoms with Crippen LogP contribution in [0.15, 0.2) is 95.0 Å². The molecule has 0 aliphatic carbocycles. The molecule has 264 valence electrons. The number of phenols is 1. The van der Waals surface area contributed by atoms with Gasteiger partial charge in [0.15, 0.2) is 0 Å². The number of benzene rings is 4. The summed E-state index contributed by atoms with van der Waals surface area (Å²) in [5, 5.41) is 28.6. The van der Waals surface area contributed by atoms with Crippen LogP contribution in [0.2, 0.25) is 0 Å². The van der Waals surface area contributed by atoms with Crippen molar-refractivity contribution in [2.75, 3.05) is 5.32 Å². The van der Waals surface area contributed by atoms with E-state index in [9.17, 15) is 9.90 Å². The number of hydrogen-bond donors (Lipinski definition) is 2. The molecule has 1 heterocycles. The van der Waals surface area contributed by atoms with Crippen LogP contribution in [-0.4, -0.2) is 42.7 Å². The van der Waals surface area contributed by atoms with E-state index in [1.54, 1.807) is 16.8 Å². The smallest absolute Gasteiger partial charge is 0.259 e. The molecule has 0 aliphatic rings. The number of aromatic hydroxyl groups is 1. The Kier molecular flexibility index (Phi) is 14.4. The number of unbranched alkanes of at least 4 members (excludes halogenated alkanes) is 8. The highest BCUT2D eigenvalue weighted by molar-refractivity contribution is 7.99. The van der Waals surface area contributed by atoms with Gasteiger partial charge in [-0.25, -0.2) is 0 Å². The van der Waals surface area contributed by atoms with Crippen molar-refractivity contribution in [2.24, 2.45) is 0 Å². The van der Waals surface area contributed by atoms with E-state index in [-0.39, 0.29) is 22.8 Å². The molecule has 0 aliphatic heterocycles. The molecule has 1 amide bonds. The number of rotatable bonds is 20. The zero-order valence-electron chi connectivity index (χ0n) is 29.1. The molecule has 0 saturated carbocycles. The number of carbonyl (C=O) groups is 1. The molecule has 0 saturated heterocycles. The third-order valence-corrected chi connectivity index (χ3v) is 10.0. The molecule has 0 fully saturated rings. The van der Waals surface area contributed by atoms with Crippen molar-refractivity contribution in [3.05, 3.63) is 90.5 Å². The van der Waals surface area contributed by atoms with Crippen LogP contribution in [0.25, 0.3) is 16.5 Å². The van der Waals surface area contributed by atoms with Crippen LogP contribution in [0.3, 0.4) is 0 Å². The third kappa shape index (κ3) is 10.5. The number of phenolic OH excluding ortho intramolecular Hbond substituents is 1. The minimum absolute atomic E-state index is 0.0218. The number of halogens is 1. The van der Waals surface area contributed by atoms with E-state index in [2.05, 4.69) is 27.8 Å². The van der Waals surface area contributed by atoms with Crippen molar-refractivity contribution < 1.29 is 14.6 Å². The maximum atomic E-state index is 13.9. The lowest BCUT2D eigenvalue weighted by Crippen LogP contribution is -2.20. The fourth-order valence-electron chi connectivity index (χ4n) is 6.06. The van der Waals surface area contributed by atoms with Crippen molar-refractivity contribution in [1.29, 1.82) is 0 Å². The first-order valence-electron chi connectivity index (χ1n) is 17.9. The van der Waals surface area contributed by atoms with Crippen LogP contribution in [0.4, 0.5) is 5.69 Å². The molecule has 0 spiro atoms. The first-order valence-corrected chi connectivity index (χ1v) is 19.2. The summed E-state index contributed by atoms with van der Waals surface area (Å²) in [4.78, 5) is 14.7. The quantitative estimate of drug-likeness (QED) is 0.0611. The number of anilines is 1. The molecule has 2 atom stereocenters. The van der Waals surface area contributed by atoms with Crippen molar-refractivity contribution in [3.63, 3.8) is 0 Å². The van der Waals surface area contributed by atoms with Crippen LogP contribution < -0.4 is 10.1 Å². The summed E-state index contributed by atoms with van der Waals surface area (Å²) in [6, 6.07) is 26.2. The van der Waals surface area contributed by atoms with E-state index in [1.165, 1.54) is 63.1 Å². The lowest BCUT2D eigenvalue weighted by Gasteiger charge is -2.22. The number of ether oxygens (including phenoxy) is 1. The van der Waals surface area contributed by atoms with Gasteiger partial charge in [-0.15, -0.1) is 16.7 Å². The number of amides is 1. The van der Waals surface area contributed by atoms with Crippen LogP contribution in [0.5, 0.6) is 11.5 Å². The molecule has 10 heteroatoms. The van der Waals surface area contributed by atoms with E-state index in [1.807, 2.05) is 79.7 Å². The summed E-state index contributed by atoms with van der Waals surface area (Å²) in [7, 11) is 0. The van der Waals surface area contributed by atoms with Gasteiger partial charge in [-0.1, -0.05) is 113 Å². The first kappa shape index (κ1) is 37.2. The van der Waals surface area contributed by atoms with Gasteiger partial charge in [0, 0.05) is 15.7 Å². The Morgan fingerprint density at radius 1 is 0.860 bits per heavy atom. The van der Waals surface area contributed by atoms with E-state index in [0.717, 1.165) is 41.7 Å². The summed E-state index contributed by atoms with van der Waals surface area (Å²) in [6.45, 7) is 4.26. The topological polar surface area (TPSA) is 102 Å². The molecule has 2 N–H and O–H groups in total. The van der Waals surface area contributed by atoms with E-state index < -0.39 is 5.91 Å². The zero-order valence-corrected chi connectivity index (χ0v) is 30.6. The summed E-state index contributed by atoms with van der Waals surface area (Å²) in [5.74, 6) is 0.0578. The zero-order chi connectivity index (χ0) is 35.1.